The number of furan rings is 1. The monoisotopic (exact) mass is 329 g/mol. The second-order valence-electron chi connectivity index (χ2n) is 3.73. The van der Waals surface area contributed by atoms with Gasteiger partial charge in [0, 0.05) is 4.47 Å². The summed E-state index contributed by atoms with van der Waals surface area (Å²) >= 11 is 9.56. The molecule has 94 valence electrons. The maximum absolute atomic E-state index is 10.5. The van der Waals surface area contributed by atoms with E-state index in [2.05, 4.69) is 15.9 Å². The Balaban J connectivity index is 2.11. The van der Waals surface area contributed by atoms with Gasteiger partial charge >= 0.3 is 5.88 Å². The maximum Gasteiger partial charge on any atom is 0.433 e. The lowest BCUT2D eigenvalue weighted by molar-refractivity contribution is -0.402. The van der Waals surface area contributed by atoms with Crippen LogP contribution in [-0.2, 0) is 6.42 Å². The SMILES string of the molecule is O=[N+]([O-])c1ccc(C(Cl)Cc2cccc(Br)c2)o1. The number of nitro groups is 1. The molecule has 1 unspecified atom stereocenters. The molecule has 0 bridgehead atoms. The minimum Gasteiger partial charge on any atom is -0.404 e. The van der Waals surface area contributed by atoms with Crippen LogP contribution in [0.5, 0.6) is 0 Å². The number of hydrogen-bond donors (Lipinski definition) is 0. The molecule has 2 rings (SSSR count). The van der Waals surface area contributed by atoms with E-state index in [1.54, 1.807) is 0 Å². The van der Waals surface area contributed by atoms with Crippen LogP contribution in [0.3, 0.4) is 0 Å². The summed E-state index contributed by atoms with van der Waals surface area (Å²) in [6.45, 7) is 0. The van der Waals surface area contributed by atoms with E-state index in [9.17, 15) is 10.1 Å². The average Bonchev–Trinajstić information content (AvgIpc) is 2.78. The Morgan fingerprint density at radius 2 is 2.17 bits per heavy atom. The predicted molar refractivity (Wildman–Crippen MR) is 71.8 cm³/mol. The van der Waals surface area contributed by atoms with E-state index in [1.807, 2.05) is 24.3 Å². The third-order valence-electron chi connectivity index (χ3n) is 2.41. The van der Waals surface area contributed by atoms with Crippen molar-refractivity contribution in [1.82, 2.24) is 0 Å². The first-order chi connectivity index (χ1) is 8.56. The topological polar surface area (TPSA) is 56.3 Å². The van der Waals surface area contributed by atoms with Gasteiger partial charge in [0.1, 0.15) is 10.7 Å². The highest BCUT2D eigenvalue weighted by Crippen LogP contribution is 2.29. The fraction of sp³-hybridized carbons (Fsp3) is 0.167. The Morgan fingerprint density at radius 3 is 2.78 bits per heavy atom. The number of halogens is 2. The molecule has 0 saturated carbocycles. The van der Waals surface area contributed by atoms with Crippen LogP contribution in [0.15, 0.2) is 45.3 Å². The number of nitrogens with zero attached hydrogens (tertiary/aromatic N) is 1. The van der Waals surface area contributed by atoms with Crippen molar-refractivity contribution in [2.45, 2.75) is 11.8 Å². The molecule has 1 aromatic carbocycles. The van der Waals surface area contributed by atoms with E-state index in [-0.39, 0.29) is 5.88 Å². The molecule has 18 heavy (non-hydrogen) atoms. The Hall–Kier alpha value is -1.33. The number of rotatable bonds is 4. The van der Waals surface area contributed by atoms with Crippen LogP contribution in [-0.4, -0.2) is 4.92 Å². The lowest BCUT2D eigenvalue weighted by Crippen LogP contribution is -1.94. The minimum absolute atomic E-state index is 0.287. The van der Waals surface area contributed by atoms with Crippen molar-refractivity contribution < 1.29 is 9.34 Å². The molecule has 1 heterocycles. The molecule has 2 aromatic rings. The molecule has 0 radical (unpaired) electrons. The average molecular weight is 331 g/mol. The Morgan fingerprint density at radius 1 is 1.39 bits per heavy atom. The van der Waals surface area contributed by atoms with Gasteiger partial charge in [-0.1, -0.05) is 28.1 Å². The zero-order chi connectivity index (χ0) is 13.1. The number of alkyl halides is 1. The fourth-order valence-corrected chi connectivity index (χ4v) is 2.32. The Bertz CT molecular complexity index is 570. The first-order valence-electron chi connectivity index (χ1n) is 5.19. The summed E-state index contributed by atoms with van der Waals surface area (Å²) in [7, 11) is 0. The molecular formula is C12H9BrClNO3. The van der Waals surface area contributed by atoms with Crippen molar-refractivity contribution in [3.63, 3.8) is 0 Å². The van der Waals surface area contributed by atoms with Gasteiger partial charge in [-0.3, -0.25) is 10.1 Å². The molecule has 1 aromatic heterocycles. The van der Waals surface area contributed by atoms with E-state index in [0.717, 1.165) is 10.0 Å². The first-order valence-corrected chi connectivity index (χ1v) is 6.42. The molecule has 0 saturated heterocycles. The van der Waals surface area contributed by atoms with Crippen molar-refractivity contribution in [3.05, 3.63) is 62.3 Å². The van der Waals surface area contributed by atoms with E-state index in [1.165, 1.54) is 12.1 Å². The van der Waals surface area contributed by atoms with Crippen molar-refractivity contribution in [1.29, 1.82) is 0 Å². The van der Waals surface area contributed by atoms with Crippen LogP contribution in [0.1, 0.15) is 16.7 Å². The summed E-state index contributed by atoms with van der Waals surface area (Å²) in [5.74, 6) is 0.119. The Labute approximate surface area is 117 Å². The van der Waals surface area contributed by atoms with Crippen LogP contribution in [0.4, 0.5) is 5.88 Å². The predicted octanol–water partition coefficient (Wildman–Crippen LogP) is 4.47. The third-order valence-corrected chi connectivity index (χ3v) is 3.27. The van der Waals surface area contributed by atoms with Gasteiger partial charge in [0.05, 0.1) is 11.4 Å². The standard InChI is InChI=1S/C12H9BrClNO3/c13-9-3-1-2-8(6-9)7-10(14)11-4-5-12(18-11)15(16)17/h1-6,10H,7H2. The summed E-state index contributed by atoms with van der Waals surface area (Å²) in [6, 6.07) is 10.6. The van der Waals surface area contributed by atoms with Gasteiger partial charge in [0.25, 0.3) is 0 Å². The van der Waals surface area contributed by atoms with Gasteiger partial charge in [-0.2, -0.15) is 0 Å². The van der Waals surface area contributed by atoms with Crippen molar-refractivity contribution in [2.75, 3.05) is 0 Å². The molecule has 0 aliphatic carbocycles. The molecule has 1 atom stereocenters. The van der Waals surface area contributed by atoms with E-state index < -0.39 is 10.3 Å². The normalized spacial score (nSPS) is 12.3. The zero-order valence-corrected chi connectivity index (χ0v) is 11.5. The summed E-state index contributed by atoms with van der Waals surface area (Å²) in [5, 5.41) is 10.1. The van der Waals surface area contributed by atoms with Crippen LogP contribution >= 0.6 is 27.5 Å². The van der Waals surface area contributed by atoms with Gasteiger partial charge in [-0.05, 0) is 30.2 Å². The highest BCUT2D eigenvalue weighted by Gasteiger charge is 2.18. The van der Waals surface area contributed by atoms with Crippen molar-refractivity contribution in [2.24, 2.45) is 0 Å². The van der Waals surface area contributed by atoms with Crippen LogP contribution in [0.25, 0.3) is 0 Å². The van der Waals surface area contributed by atoms with Gasteiger partial charge in [-0.25, -0.2) is 0 Å². The lowest BCUT2D eigenvalue weighted by Gasteiger charge is -2.06. The highest BCUT2D eigenvalue weighted by atomic mass is 79.9. The number of hydrogen-bond acceptors (Lipinski definition) is 3. The van der Waals surface area contributed by atoms with Crippen molar-refractivity contribution >= 4 is 33.4 Å². The maximum atomic E-state index is 10.5. The fourth-order valence-electron chi connectivity index (χ4n) is 1.58. The molecule has 0 N–H and O–H groups in total. The quantitative estimate of drug-likeness (QED) is 0.472. The second-order valence-corrected chi connectivity index (χ2v) is 5.18. The number of benzene rings is 1. The van der Waals surface area contributed by atoms with Crippen LogP contribution in [0, 0.1) is 10.1 Å². The van der Waals surface area contributed by atoms with Crippen molar-refractivity contribution in [3.8, 4) is 0 Å². The second kappa shape index (κ2) is 5.54. The molecule has 0 spiro atoms. The largest absolute Gasteiger partial charge is 0.433 e. The van der Waals surface area contributed by atoms with Crippen LogP contribution < -0.4 is 0 Å². The smallest absolute Gasteiger partial charge is 0.404 e. The van der Waals surface area contributed by atoms with E-state index in [0.29, 0.717) is 12.2 Å². The lowest BCUT2D eigenvalue weighted by atomic mass is 10.1. The summed E-state index contributed by atoms with van der Waals surface area (Å²) in [6.07, 6.45) is 0.547. The first kappa shape index (κ1) is 13.1. The summed E-state index contributed by atoms with van der Waals surface area (Å²) < 4.78 is 6.03. The molecule has 4 nitrogen and oxygen atoms in total. The third kappa shape index (κ3) is 3.11. The van der Waals surface area contributed by atoms with Gasteiger partial charge in [0.15, 0.2) is 0 Å². The molecule has 0 aliphatic heterocycles. The van der Waals surface area contributed by atoms with Gasteiger partial charge < -0.3 is 4.42 Å². The van der Waals surface area contributed by atoms with Gasteiger partial charge in [-0.15, -0.1) is 11.6 Å². The minimum atomic E-state index is -0.577. The van der Waals surface area contributed by atoms with Crippen LogP contribution in [0.2, 0.25) is 0 Å². The summed E-state index contributed by atoms with van der Waals surface area (Å²) in [4.78, 5) is 9.93. The van der Waals surface area contributed by atoms with Gasteiger partial charge in [0.2, 0.25) is 0 Å². The molecule has 0 amide bonds. The summed E-state index contributed by atoms with van der Waals surface area (Å²) in [5.41, 5.74) is 1.03. The molecular weight excluding hydrogens is 321 g/mol. The molecule has 0 fully saturated rings. The molecule has 0 aliphatic rings. The highest BCUT2D eigenvalue weighted by molar-refractivity contribution is 9.10. The molecule has 6 heteroatoms. The van der Waals surface area contributed by atoms with E-state index >= 15 is 0 Å². The van der Waals surface area contributed by atoms with E-state index in [4.69, 9.17) is 16.0 Å². The Kier molecular flexibility index (Phi) is 4.04. The zero-order valence-electron chi connectivity index (χ0n) is 9.18.